The molecular formula is C9H13N3OS. The average Bonchev–Trinajstić information content (AvgIpc) is 2.63. The Labute approximate surface area is 88.1 Å². The Morgan fingerprint density at radius 2 is 2.43 bits per heavy atom. The van der Waals surface area contributed by atoms with Gasteiger partial charge in [0.1, 0.15) is 5.82 Å². The monoisotopic (exact) mass is 211 g/mol. The van der Waals surface area contributed by atoms with Gasteiger partial charge in [0.25, 0.3) is 0 Å². The van der Waals surface area contributed by atoms with Crippen molar-refractivity contribution in [2.75, 3.05) is 32.2 Å². The van der Waals surface area contributed by atoms with Crippen molar-refractivity contribution >= 4 is 16.7 Å². The van der Waals surface area contributed by atoms with Crippen molar-refractivity contribution in [1.82, 2.24) is 9.36 Å². The molecule has 4 nitrogen and oxygen atoms in total. The summed E-state index contributed by atoms with van der Waals surface area (Å²) < 4.78 is 9.14. The lowest BCUT2D eigenvalue weighted by Crippen LogP contribution is -2.16. The third-order valence-electron chi connectivity index (χ3n) is 1.64. The predicted molar refractivity (Wildman–Crippen MR) is 57.6 cm³/mol. The maximum atomic E-state index is 5.20. The van der Waals surface area contributed by atoms with Gasteiger partial charge in [0.05, 0.1) is 13.2 Å². The quantitative estimate of drug-likeness (QED) is 0.675. The highest BCUT2D eigenvalue weighted by Crippen LogP contribution is 2.15. The Kier molecular flexibility index (Phi) is 4.36. The Bertz CT molecular complexity index is 318. The van der Waals surface area contributed by atoms with Crippen molar-refractivity contribution < 1.29 is 4.74 Å². The second-order valence-electron chi connectivity index (χ2n) is 2.80. The highest BCUT2D eigenvalue weighted by Gasteiger charge is 2.06. The molecule has 0 spiro atoms. The van der Waals surface area contributed by atoms with Gasteiger partial charge >= 0.3 is 0 Å². The van der Waals surface area contributed by atoms with E-state index in [1.165, 1.54) is 11.5 Å². The van der Waals surface area contributed by atoms with Crippen molar-refractivity contribution in [3.05, 3.63) is 5.82 Å². The maximum Gasteiger partial charge on any atom is 0.205 e. The Balaban J connectivity index is 2.54. The zero-order valence-electron chi connectivity index (χ0n) is 8.36. The largest absolute Gasteiger partial charge is 0.384 e. The van der Waals surface area contributed by atoms with Crippen molar-refractivity contribution in [3.8, 4) is 12.3 Å². The number of ether oxygens (including phenoxy) is 1. The van der Waals surface area contributed by atoms with Crippen LogP contribution >= 0.6 is 11.5 Å². The number of nitrogens with zero attached hydrogens (tertiary/aromatic N) is 3. The molecule has 0 aromatic carbocycles. The molecule has 0 unspecified atom stereocenters. The molecule has 1 aromatic rings. The van der Waals surface area contributed by atoms with Gasteiger partial charge in [-0.1, -0.05) is 5.92 Å². The fraction of sp³-hybridized carbons (Fsp3) is 0.556. The zero-order valence-corrected chi connectivity index (χ0v) is 9.17. The standard InChI is InChI=1S/C9H13N3OS/c1-4-6-12(2)9-10-8(11-14-9)5-7-13-3/h1H,5-7H2,2-3H3. The molecular weight excluding hydrogens is 198 g/mol. The van der Waals surface area contributed by atoms with Gasteiger partial charge in [-0.2, -0.15) is 4.37 Å². The molecule has 14 heavy (non-hydrogen) atoms. The second-order valence-corrected chi connectivity index (χ2v) is 3.53. The summed E-state index contributed by atoms with van der Waals surface area (Å²) in [6, 6.07) is 0. The molecule has 0 radical (unpaired) electrons. The number of anilines is 1. The highest BCUT2D eigenvalue weighted by atomic mass is 32.1. The van der Waals surface area contributed by atoms with Gasteiger partial charge < -0.3 is 9.64 Å². The van der Waals surface area contributed by atoms with Crippen LogP contribution in [0.3, 0.4) is 0 Å². The fourth-order valence-corrected chi connectivity index (χ4v) is 1.57. The molecule has 0 saturated carbocycles. The van der Waals surface area contributed by atoms with Gasteiger partial charge in [0, 0.05) is 32.1 Å². The van der Waals surface area contributed by atoms with Crippen LogP contribution in [-0.2, 0) is 11.2 Å². The molecule has 0 atom stereocenters. The van der Waals surface area contributed by atoms with E-state index in [0.29, 0.717) is 13.2 Å². The Morgan fingerprint density at radius 3 is 3.07 bits per heavy atom. The van der Waals surface area contributed by atoms with Crippen LogP contribution in [0.2, 0.25) is 0 Å². The lowest BCUT2D eigenvalue weighted by molar-refractivity contribution is 0.201. The summed E-state index contributed by atoms with van der Waals surface area (Å²) in [5, 5.41) is 0.856. The van der Waals surface area contributed by atoms with Crippen LogP contribution in [0.4, 0.5) is 5.13 Å². The summed E-state index contributed by atoms with van der Waals surface area (Å²) in [4.78, 5) is 6.22. The Hall–Kier alpha value is -1.12. The van der Waals surface area contributed by atoms with Gasteiger partial charge in [0.15, 0.2) is 0 Å². The molecule has 0 aliphatic heterocycles. The van der Waals surface area contributed by atoms with E-state index in [4.69, 9.17) is 11.2 Å². The zero-order chi connectivity index (χ0) is 10.4. The number of hydrogen-bond acceptors (Lipinski definition) is 5. The summed E-state index contributed by atoms with van der Waals surface area (Å²) in [5.41, 5.74) is 0. The van der Waals surface area contributed by atoms with E-state index in [2.05, 4.69) is 15.3 Å². The van der Waals surface area contributed by atoms with Crippen molar-refractivity contribution in [3.63, 3.8) is 0 Å². The van der Waals surface area contributed by atoms with Crippen LogP contribution in [0.25, 0.3) is 0 Å². The first-order chi connectivity index (χ1) is 6.77. The molecule has 0 saturated heterocycles. The molecule has 0 aliphatic rings. The van der Waals surface area contributed by atoms with Crippen LogP contribution in [-0.4, -0.2) is 36.7 Å². The summed E-state index contributed by atoms with van der Waals surface area (Å²) in [6.07, 6.45) is 5.95. The molecule has 1 aromatic heterocycles. The normalized spacial score (nSPS) is 9.79. The summed E-state index contributed by atoms with van der Waals surface area (Å²) >= 11 is 1.36. The molecule has 76 valence electrons. The number of hydrogen-bond donors (Lipinski definition) is 0. The lowest BCUT2D eigenvalue weighted by atomic mass is 10.4. The van der Waals surface area contributed by atoms with E-state index in [9.17, 15) is 0 Å². The van der Waals surface area contributed by atoms with Gasteiger partial charge in [-0.05, 0) is 0 Å². The predicted octanol–water partition coefficient (Wildman–Crippen LogP) is 0.796. The van der Waals surface area contributed by atoms with Crippen molar-refractivity contribution in [2.24, 2.45) is 0 Å². The van der Waals surface area contributed by atoms with Gasteiger partial charge in [-0.3, -0.25) is 0 Å². The first-order valence-corrected chi connectivity index (χ1v) is 5.01. The van der Waals surface area contributed by atoms with Gasteiger partial charge in [0.2, 0.25) is 5.13 Å². The summed E-state index contributed by atoms with van der Waals surface area (Å²) in [7, 11) is 3.57. The maximum absolute atomic E-state index is 5.20. The van der Waals surface area contributed by atoms with Crippen LogP contribution in [0.1, 0.15) is 5.82 Å². The van der Waals surface area contributed by atoms with E-state index in [0.717, 1.165) is 17.4 Å². The molecule has 0 amide bonds. The van der Waals surface area contributed by atoms with Gasteiger partial charge in [-0.25, -0.2) is 4.98 Å². The second kappa shape index (κ2) is 5.58. The van der Waals surface area contributed by atoms with Gasteiger partial charge in [-0.15, -0.1) is 6.42 Å². The Morgan fingerprint density at radius 1 is 1.64 bits per heavy atom. The van der Waals surface area contributed by atoms with E-state index in [1.807, 2.05) is 11.9 Å². The van der Waals surface area contributed by atoms with Crippen LogP contribution < -0.4 is 4.90 Å². The molecule has 0 N–H and O–H groups in total. The fourth-order valence-electron chi connectivity index (χ4n) is 0.899. The number of methoxy groups -OCH3 is 1. The minimum atomic E-state index is 0.554. The molecule has 0 aliphatic carbocycles. The number of rotatable bonds is 5. The van der Waals surface area contributed by atoms with E-state index in [-0.39, 0.29) is 0 Å². The first kappa shape index (κ1) is 11.0. The van der Waals surface area contributed by atoms with Crippen LogP contribution in [0.15, 0.2) is 0 Å². The van der Waals surface area contributed by atoms with Crippen LogP contribution in [0, 0.1) is 12.3 Å². The summed E-state index contributed by atoms with van der Waals surface area (Å²) in [6.45, 7) is 1.20. The van der Waals surface area contributed by atoms with E-state index < -0.39 is 0 Å². The van der Waals surface area contributed by atoms with E-state index >= 15 is 0 Å². The minimum Gasteiger partial charge on any atom is -0.384 e. The molecule has 0 fully saturated rings. The smallest absolute Gasteiger partial charge is 0.205 e. The third-order valence-corrected chi connectivity index (χ3v) is 2.51. The van der Waals surface area contributed by atoms with Crippen LogP contribution in [0.5, 0.6) is 0 Å². The third kappa shape index (κ3) is 2.98. The molecule has 1 rings (SSSR count). The van der Waals surface area contributed by atoms with E-state index in [1.54, 1.807) is 7.11 Å². The topological polar surface area (TPSA) is 38.2 Å². The molecule has 5 heteroatoms. The number of terminal acetylenes is 1. The average molecular weight is 211 g/mol. The van der Waals surface area contributed by atoms with Crippen molar-refractivity contribution in [2.45, 2.75) is 6.42 Å². The van der Waals surface area contributed by atoms with Crippen molar-refractivity contribution in [1.29, 1.82) is 0 Å². The molecule has 0 bridgehead atoms. The number of aromatic nitrogens is 2. The first-order valence-electron chi connectivity index (χ1n) is 4.24. The highest BCUT2D eigenvalue weighted by molar-refractivity contribution is 7.09. The lowest BCUT2D eigenvalue weighted by Gasteiger charge is -2.09. The minimum absolute atomic E-state index is 0.554. The molecule has 1 heterocycles. The summed E-state index contributed by atoms with van der Waals surface area (Å²) in [5.74, 6) is 3.37. The SMILES string of the molecule is C#CCN(C)c1nc(CCOC)ns1.